The van der Waals surface area contributed by atoms with Gasteiger partial charge in [0, 0.05) is 0 Å². The molecule has 0 atom stereocenters. The molecule has 0 nitrogen and oxygen atoms in total. The second kappa shape index (κ2) is 1.50. The Bertz CT molecular complexity index is 62.7. The third-order valence-electron chi connectivity index (χ3n) is 0. The van der Waals surface area contributed by atoms with E-state index in [1.165, 1.54) is 0 Å². The Morgan fingerprint density at radius 1 is 0.571 bits per heavy atom. The van der Waals surface area contributed by atoms with Gasteiger partial charge in [-0.15, -0.1) is 0 Å². The van der Waals surface area contributed by atoms with Crippen LogP contribution in [0.5, 0.6) is 0 Å². The van der Waals surface area contributed by atoms with Crippen molar-refractivity contribution in [3.05, 3.63) is 0 Å². The first kappa shape index (κ1) is 9.36. The van der Waals surface area contributed by atoms with Crippen LogP contribution in [0, 0.1) is 0 Å². The maximum atomic E-state index is 5.04. The fourth-order valence-corrected chi connectivity index (χ4v) is 0. The quantitative estimate of drug-likeness (QED) is 0.590. The van der Waals surface area contributed by atoms with E-state index in [4.69, 9.17) is 58.1 Å². The molecule has 0 aromatic heterocycles. The molecule has 0 fully saturated rings. The van der Waals surface area contributed by atoms with Crippen LogP contribution in [0.15, 0.2) is 0 Å². The molecule has 7 heavy (non-hydrogen) atoms. The van der Waals surface area contributed by atoms with Gasteiger partial charge in [0.2, 0.25) is 0 Å². The van der Waals surface area contributed by atoms with Crippen LogP contribution in [0.3, 0.4) is 0 Å². The number of hydrogen-bond donors (Lipinski definition) is 0. The zero-order valence-electron chi connectivity index (χ0n) is 2.60. The summed E-state index contributed by atoms with van der Waals surface area (Å²) in [6, 6.07) is 0. The molecule has 0 saturated carbocycles. The molecule has 0 amide bonds. The van der Waals surface area contributed by atoms with Gasteiger partial charge in [-0.1, -0.05) is 0 Å². The molecule has 0 aromatic rings. The fraction of sp³-hybridized carbons (Fsp3) is 0. The Kier molecular flexibility index (Phi) is 2.01. The predicted octanol–water partition coefficient (Wildman–Crippen LogP) is 4.13. The minimum atomic E-state index is -5.15. The topological polar surface area (TPSA) is 0 Å². The van der Waals surface area contributed by atoms with E-state index < -0.39 is 6.48 Å². The molecule has 0 heterocycles. The van der Waals surface area contributed by atoms with E-state index >= 15 is 0 Å². The summed E-state index contributed by atoms with van der Waals surface area (Å²) in [5.74, 6) is 0. The van der Waals surface area contributed by atoms with Crippen molar-refractivity contribution < 1.29 is 6.48 Å². The molecule has 51 valence electrons. The van der Waals surface area contributed by atoms with Gasteiger partial charge < -0.3 is 0 Å². The van der Waals surface area contributed by atoms with Crippen LogP contribution in [0.2, 0.25) is 0 Å². The number of halogens is 6. The van der Waals surface area contributed by atoms with Crippen LogP contribution >= 0.6 is 58.1 Å². The third kappa shape index (κ3) is 60.6. The maximum absolute atomic E-state index is 5.15. The average Bonchev–Trinajstić information content (AvgIpc) is 0.592. The number of hydrogen-bond acceptors (Lipinski definition) is 0. The summed E-state index contributed by atoms with van der Waals surface area (Å²) < 4.78 is 0. The van der Waals surface area contributed by atoms with Crippen LogP contribution in [-0.4, -0.2) is 0 Å². The van der Waals surface area contributed by atoms with Crippen molar-refractivity contribution in [1.82, 2.24) is 0 Å². The second-order valence-electron chi connectivity index (χ2n) is 0.714. The van der Waals surface area contributed by atoms with Crippen LogP contribution in [-0.2, 0) is 6.48 Å². The fourth-order valence-electron chi connectivity index (χ4n) is 0. The molecule has 0 aliphatic carbocycles. The van der Waals surface area contributed by atoms with E-state index in [9.17, 15) is 0 Å². The summed E-state index contributed by atoms with van der Waals surface area (Å²) in [7, 11) is 30.2. The van der Waals surface area contributed by atoms with E-state index in [2.05, 4.69) is 0 Å². The Morgan fingerprint density at radius 3 is 0.571 bits per heavy atom. The normalized spacial score (nSPS) is 23.1. The summed E-state index contributed by atoms with van der Waals surface area (Å²) in [5, 5.41) is 0. The van der Waals surface area contributed by atoms with Gasteiger partial charge in [-0.3, -0.25) is 0 Å². The molecule has 0 spiro atoms. The van der Waals surface area contributed by atoms with Gasteiger partial charge in [0.15, 0.2) is 0 Å². The van der Waals surface area contributed by atoms with Gasteiger partial charge in [-0.2, -0.15) is 0 Å². The zero-order valence-corrected chi connectivity index (χ0v) is 8.78. The van der Waals surface area contributed by atoms with Crippen molar-refractivity contribution in [2.75, 3.05) is 0 Å². The van der Waals surface area contributed by atoms with Crippen LogP contribution in [0.1, 0.15) is 0 Å². The third-order valence-corrected chi connectivity index (χ3v) is 0. The molecule has 0 N–H and O–H groups in total. The van der Waals surface area contributed by atoms with E-state index in [1.54, 1.807) is 0 Å². The van der Waals surface area contributed by atoms with E-state index in [-0.39, 0.29) is 0 Å². The summed E-state index contributed by atoms with van der Waals surface area (Å²) in [4.78, 5) is 0. The van der Waals surface area contributed by atoms with Crippen molar-refractivity contribution in [2.24, 2.45) is 0 Å². The minimum absolute atomic E-state index is 5.04. The van der Waals surface area contributed by atoms with Gasteiger partial charge >= 0.3 is 64.6 Å². The molecule has 0 aliphatic heterocycles. The van der Waals surface area contributed by atoms with Crippen molar-refractivity contribution in [2.45, 2.75) is 0 Å². The summed E-state index contributed by atoms with van der Waals surface area (Å²) in [6.07, 6.45) is 0. The van der Waals surface area contributed by atoms with E-state index in [1.807, 2.05) is 0 Å². The van der Waals surface area contributed by atoms with Crippen LogP contribution in [0.25, 0.3) is 0 Å². The molecule has 0 radical (unpaired) electrons. The van der Waals surface area contributed by atoms with Crippen molar-refractivity contribution >= 4 is 58.1 Å². The first-order valence-electron chi connectivity index (χ1n) is 0.756. The van der Waals surface area contributed by atoms with Crippen molar-refractivity contribution in [3.8, 4) is 0 Å². The van der Waals surface area contributed by atoms with Crippen LogP contribution in [0.4, 0.5) is 0 Å². The monoisotopic (exact) mass is 313 g/mol. The molecule has 0 saturated heterocycles. The van der Waals surface area contributed by atoms with Crippen molar-refractivity contribution in [3.63, 3.8) is 0 Å². The zero-order chi connectivity index (χ0) is 6.41. The molecule has 0 unspecified atom stereocenters. The van der Waals surface area contributed by atoms with E-state index in [0.29, 0.717) is 0 Å². The molecular formula is Cl6Rh. The molecule has 0 bridgehead atoms. The standard InChI is InChI=1S/6ClH.Rh/h6*1H;/q;;;;;;+6/p-6. The molecule has 7 heteroatoms. The SMILES string of the molecule is [Cl][Rh]([Cl])([Cl])([Cl])([Cl])[Cl]. The first-order chi connectivity index (χ1) is 2.45. The van der Waals surface area contributed by atoms with Gasteiger partial charge in [-0.05, 0) is 0 Å². The number of rotatable bonds is 0. The first-order valence-corrected chi connectivity index (χ1v) is 13.4. The van der Waals surface area contributed by atoms with Gasteiger partial charge in [0.25, 0.3) is 0 Å². The second-order valence-corrected chi connectivity index (χ2v) is 38.0. The Hall–Kier alpha value is 2.36. The van der Waals surface area contributed by atoms with Crippen molar-refractivity contribution in [1.29, 1.82) is 0 Å². The summed E-state index contributed by atoms with van der Waals surface area (Å²) in [5.41, 5.74) is 0. The summed E-state index contributed by atoms with van der Waals surface area (Å²) in [6.45, 7) is -5.15. The Morgan fingerprint density at radius 2 is 0.571 bits per heavy atom. The molecular weight excluding hydrogens is 316 g/mol. The average molecular weight is 316 g/mol. The predicted molar refractivity (Wildman–Crippen MR) is 35.1 cm³/mol. The van der Waals surface area contributed by atoms with Crippen LogP contribution < -0.4 is 0 Å². The van der Waals surface area contributed by atoms with Gasteiger partial charge in [0.05, 0.1) is 0 Å². The molecule has 0 aliphatic rings. The summed E-state index contributed by atoms with van der Waals surface area (Å²) >= 11 is 0. The molecule has 0 rings (SSSR count). The van der Waals surface area contributed by atoms with Gasteiger partial charge in [-0.25, -0.2) is 0 Å². The Balaban J connectivity index is 4.43. The van der Waals surface area contributed by atoms with E-state index in [0.717, 1.165) is 0 Å². The van der Waals surface area contributed by atoms with Gasteiger partial charge in [0.1, 0.15) is 0 Å². The Labute approximate surface area is 63.9 Å². The molecule has 0 aromatic carbocycles.